The zero-order valence-electron chi connectivity index (χ0n) is 14.8. The normalized spacial score (nSPS) is 10.6. The maximum absolute atomic E-state index is 13.0. The van der Waals surface area contributed by atoms with E-state index in [0.717, 1.165) is 28.0 Å². The Labute approximate surface area is 155 Å². The van der Waals surface area contributed by atoms with E-state index in [1.165, 1.54) is 23.5 Å². The highest BCUT2D eigenvalue weighted by Gasteiger charge is 2.11. The number of aromatic nitrogens is 1. The molecular formula is C20H19FN2O2S. The van der Waals surface area contributed by atoms with E-state index >= 15 is 0 Å². The van der Waals surface area contributed by atoms with Crippen LogP contribution < -0.4 is 10.1 Å². The number of nitrogens with one attached hydrogen (secondary N) is 1. The van der Waals surface area contributed by atoms with E-state index in [1.54, 1.807) is 12.1 Å². The van der Waals surface area contributed by atoms with Crippen molar-refractivity contribution in [3.63, 3.8) is 0 Å². The maximum Gasteiger partial charge on any atom is 0.264 e. The van der Waals surface area contributed by atoms with Gasteiger partial charge in [-0.05, 0) is 56.2 Å². The van der Waals surface area contributed by atoms with Crippen LogP contribution in [0.2, 0.25) is 0 Å². The second kappa shape index (κ2) is 7.66. The molecule has 0 atom stereocenters. The van der Waals surface area contributed by atoms with Crippen molar-refractivity contribution < 1.29 is 13.9 Å². The molecule has 3 aromatic rings. The summed E-state index contributed by atoms with van der Waals surface area (Å²) in [7, 11) is 0. The Morgan fingerprint density at radius 3 is 2.46 bits per heavy atom. The lowest BCUT2D eigenvalue weighted by atomic mass is 10.1. The molecule has 26 heavy (non-hydrogen) atoms. The number of hydrogen-bond acceptors (Lipinski definition) is 4. The summed E-state index contributed by atoms with van der Waals surface area (Å²) < 4.78 is 18.7. The third-order valence-corrected chi connectivity index (χ3v) is 4.60. The summed E-state index contributed by atoms with van der Waals surface area (Å²) in [5.41, 5.74) is 4.65. The highest BCUT2D eigenvalue weighted by molar-refractivity contribution is 7.14. The van der Waals surface area contributed by atoms with Crippen LogP contribution in [0.4, 0.5) is 9.52 Å². The second-order valence-electron chi connectivity index (χ2n) is 6.11. The van der Waals surface area contributed by atoms with E-state index in [1.807, 2.05) is 38.3 Å². The monoisotopic (exact) mass is 370 g/mol. The molecule has 1 N–H and O–H groups in total. The number of carbonyl (C=O) groups is 1. The molecule has 1 heterocycles. The second-order valence-corrected chi connectivity index (χ2v) is 6.97. The van der Waals surface area contributed by atoms with Crippen LogP contribution >= 0.6 is 11.3 Å². The van der Waals surface area contributed by atoms with Gasteiger partial charge in [-0.15, -0.1) is 11.3 Å². The number of halogens is 1. The molecule has 6 heteroatoms. The van der Waals surface area contributed by atoms with Crippen LogP contribution in [-0.4, -0.2) is 17.5 Å². The molecule has 0 spiro atoms. The zero-order chi connectivity index (χ0) is 18.7. The van der Waals surface area contributed by atoms with Crippen molar-refractivity contribution in [3.8, 4) is 17.0 Å². The van der Waals surface area contributed by atoms with Crippen molar-refractivity contribution >= 4 is 22.4 Å². The van der Waals surface area contributed by atoms with Gasteiger partial charge in [0.25, 0.3) is 5.91 Å². The van der Waals surface area contributed by atoms with Gasteiger partial charge in [-0.3, -0.25) is 10.1 Å². The van der Waals surface area contributed by atoms with Crippen molar-refractivity contribution in [2.45, 2.75) is 20.8 Å². The van der Waals surface area contributed by atoms with Crippen molar-refractivity contribution in [1.29, 1.82) is 0 Å². The Morgan fingerprint density at radius 2 is 1.81 bits per heavy atom. The van der Waals surface area contributed by atoms with Crippen molar-refractivity contribution in [2.75, 3.05) is 11.9 Å². The number of carbonyl (C=O) groups excluding carboxylic acids is 1. The Morgan fingerprint density at radius 1 is 1.15 bits per heavy atom. The van der Waals surface area contributed by atoms with Gasteiger partial charge in [0.1, 0.15) is 11.6 Å². The predicted molar refractivity (Wildman–Crippen MR) is 102 cm³/mol. The first kappa shape index (κ1) is 18.1. The van der Waals surface area contributed by atoms with Crippen LogP contribution in [0.1, 0.15) is 16.7 Å². The molecule has 0 aliphatic rings. The zero-order valence-corrected chi connectivity index (χ0v) is 15.6. The van der Waals surface area contributed by atoms with Gasteiger partial charge in [0.15, 0.2) is 11.7 Å². The number of hydrogen-bond donors (Lipinski definition) is 1. The van der Waals surface area contributed by atoms with E-state index in [2.05, 4.69) is 10.3 Å². The minimum atomic E-state index is -0.295. The minimum absolute atomic E-state index is 0.0871. The van der Waals surface area contributed by atoms with Crippen molar-refractivity contribution in [3.05, 3.63) is 64.3 Å². The predicted octanol–water partition coefficient (Wildman–Crippen LogP) is 4.89. The van der Waals surface area contributed by atoms with Crippen LogP contribution in [0.5, 0.6) is 5.75 Å². The largest absolute Gasteiger partial charge is 0.483 e. The SMILES string of the molecule is Cc1cc(C)c(OCC(=O)Nc2nc(-c3ccc(F)cc3)cs2)c(C)c1. The smallest absolute Gasteiger partial charge is 0.264 e. The van der Waals surface area contributed by atoms with E-state index in [-0.39, 0.29) is 18.3 Å². The lowest BCUT2D eigenvalue weighted by Crippen LogP contribution is -2.20. The Hall–Kier alpha value is -2.73. The molecule has 134 valence electrons. The van der Waals surface area contributed by atoms with Gasteiger partial charge in [-0.1, -0.05) is 17.7 Å². The lowest BCUT2D eigenvalue weighted by Gasteiger charge is -2.12. The molecule has 1 amide bonds. The van der Waals surface area contributed by atoms with Crippen LogP contribution in [0.25, 0.3) is 11.3 Å². The molecule has 2 aromatic carbocycles. The molecular weight excluding hydrogens is 351 g/mol. The number of thiazole rings is 1. The fourth-order valence-corrected chi connectivity index (χ4v) is 3.51. The average molecular weight is 370 g/mol. The van der Waals surface area contributed by atoms with E-state index < -0.39 is 0 Å². The quantitative estimate of drug-likeness (QED) is 0.695. The minimum Gasteiger partial charge on any atom is -0.483 e. The van der Waals surface area contributed by atoms with Crippen LogP contribution in [0.3, 0.4) is 0 Å². The summed E-state index contributed by atoms with van der Waals surface area (Å²) >= 11 is 1.31. The van der Waals surface area contributed by atoms with E-state index in [0.29, 0.717) is 10.8 Å². The fourth-order valence-electron chi connectivity index (χ4n) is 2.77. The average Bonchev–Trinajstić information content (AvgIpc) is 3.03. The molecule has 0 bridgehead atoms. The molecule has 0 unspecified atom stereocenters. The third kappa shape index (κ3) is 4.26. The van der Waals surface area contributed by atoms with Gasteiger partial charge in [0.2, 0.25) is 0 Å². The lowest BCUT2D eigenvalue weighted by molar-refractivity contribution is -0.118. The van der Waals surface area contributed by atoms with Crippen LogP contribution in [0.15, 0.2) is 41.8 Å². The topological polar surface area (TPSA) is 51.2 Å². The number of nitrogens with zero attached hydrogens (tertiary/aromatic N) is 1. The van der Waals surface area contributed by atoms with Gasteiger partial charge in [-0.2, -0.15) is 0 Å². The van der Waals surface area contributed by atoms with E-state index in [4.69, 9.17) is 4.74 Å². The summed E-state index contributed by atoms with van der Waals surface area (Å²) in [4.78, 5) is 16.5. The summed E-state index contributed by atoms with van der Waals surface area (Å²) in [5.74, 6) is 0.164. The van der Waals surface area contributed by atoms with Crippen molar-refractivity contribution in [2.24, 2.45) is 0 Å². The fraction of sp³-hybridized carbons (Fsp3) is 0.200. The Balaban J connectivity index is 1.62. The third-order valence-electron chi connectivity index (χ3n) is 3.84. The van der Waals surface area contributed by atoms with Crippen molar-refractivity contribution in [1.82, 2.24) is 4.98 Å². The molecule has 0 saturated carbocycles. The molecule has 0 radical (unpaired) electrons. The molecule has 0 saturated heterocycles. The van der Waals surface area contributed by atoms with Gasteiger partial charge >= 0.3 is 0 Å². The molecule has 3 rings (SSSR count). The molecule has 0 aliphatic carbocycles. The number of aryl methyl sites for hydroxylation is 3. The number of amides is 1. The first-order valence-corrected chi connectivity index (χ1v) is 9.02. The molecule has 4 nitrogen and oxygen atoms in total. The number of benzene rings is 2. The highest BCUT2D eigenvalue weighted by Crippen LogP contribution is 2.26. The molecule has 0 fully saturated rings. The highest BCUT2D eigenvalue weighted by atomic mass is 32.1. The van der Waals surface area contributed by atoms with Crippen LogP contribution in [-0.2, 0) is 4.79 Å². The summed E-state index contributed by atoms with van der Waals surface area (Å²) in [5, 5.41) is 5.03. The van der Waals surface area contributed by atoms with E-state index in [9.17, 15) is 9.18 Å². The summed E-state index contributed by atoms with van der Waals surface area (Å²) in [6.07, 6.45) is 0. The summed E-state index contributed by atoms with van der Waals surface area (Å²) in [6.45, 7) is 5.86. The standard InChI is InChI=1S/C20H19FN2O2S/c1-12-8-13(2)19(14(3)9-12)25-10-18(24)23-20-22-17(11-26-20)15-4-6-16(21)7-5-15/h4-9,11H,10H2,1-3H3,(H,22,23,24). The van der Waals surface area contributed by atoms with Crippen LogP contribution in [0, 0.1) is 26.6 Å². The maximum atomic E-state index is 13.0. The van der Waals surface area contributed by atoms with Gasteiger partial charge in [0, 0.05) is 10.9 Å². The molecule has 0 aliphatic heterocycles. The number of rotatable bonds is 5. The Bertz CT molecular complexity index is 912. The number of ether oxygens (including phenoxy) is 1. The molecule has 1 aromatic heterocycles. The first-order valence-electron chi connectivity index (χ1n) is 8.14. The van der Waals surface area contributed by atoms with Gasteiger partial charge in [0.05, 0.1) is 5.69 Å². The Kier molecular flexibility index (Phi) is 5.32. The number of anilines is 1. The first-order chi connectivity index (χ1) is 12.4. The van der Waals surface area contributed by atoms with Gasteiger partial charge in [-0.25, -0.2) is 9.37 Å². The summed E-state index contributed by atoms with van der Waals surface area (Å²) in [6, 6.07) is 10.1. The van der Waals surface area contributed by atoms with Gasteiger partial charge < -0.3 is 4.74 Å².